The van der Waals surface area contributed by atoms with Gasteiger partial charge in [0.1, 0.15) is 48.8 Å². The van der Waals surface area contributed by atoms with Gasteiger partial charge in [0.25, 0.3) is 0 Å². The molecule has 2 fully saturated rings. The summed E-state index contributed by atoms with van der Waals surface area (Å²) >= 11 is 0. The van der Waals surface area contributed by atoms with Crippen molar-refractivity contribution in [3.63, 3.8) is 0 Å². The van der Waals surface area contributed by atoms with E-state index in [-0.39, 0.29) is 18.9 Å². The first kappa shape index (κ1) is 78.8. The van der Waals surface area contributed by atoms with E-state index in [0.29, 0.717) is 12.8 Å². The van der Waals surface area contributed by atoms with Crippen LogP contribution in [0.25, 0.3) is 0 Å². The van der Waals surface area contributed by atoms with E-state index in [9.17, 15) is 45.6 Å². The summed E-state index contributed by atoms with van der Waals surface area (Å²) in [4.78, 5) is 13.3. The molecule has 0 radical (unpaired) electrons. The summed E-state index contributed by atoms with van der Waals surface area (Å²) in [5, 5.41) is 87.3. The van der Waals surface area contributed by atoms with Crippen LogP contribution < -0.4 is 5.32 Å². The highest BCUT2D eigenvalue weighted by Gasteiger charge is 2.51. The molecule has 1 amide bonds. The van der Waals surface area contributed by atoms with Crippen molar-refractivity contribution in [1.82, 2.24) is 5.32 Å². The third kappa shape index (κ3) is 40.1. The number of nitrogens with one attached hydrogen (secondary N) is 1. The molecular weight excluding hydrogens is 1070 g/mol. The first-order chi connectivity index (χ1) is 41.6. The van der Waals surface area contributed by atoms with Gasteiger partial charge in [0.2, 0.25) is 5.91 Å². The number of ether oxygens (including phenoxy) is 4. The minimum atomic E-state index is -1.79. The number of aliphatic hydroxyl groups excluding tert-OH is 8. The summed E-state index contributed by atoms with van der Waals surface area (Å²) in [5.41, 5.74) is 0. The van der Waals surface area contributed by atoms with Gasteiger partial charge in [-0.3, -0.25) is 4.79 Å². The SMILES string of the molecule is CCCCCCC/C=C\C/C=C\CCCCCCCCCCCCCCCCCCCCCC(=O)NC(COC1OC(CO)C(OC2OC(CO)C(O)C(O)C2O)C(O)C1O)C(O)/C=C/CC/C=C/CC/C=C/CCCCCCCCCCCC. The second kappa shape index (κ2) is 55.7. The molecule has 14 nitrogen and oxygen atoms in total. The zero-order valence-electron chi connectivity index (χ0n) is 53.8. The first-order valence-corrected chi connectivity index (χ1v) is 35.0. The van der Waals surface area contributed by atoms with Gasteiger partial charge in [-0.05, 0) is 77.0 Å². The summed E-state index contributed by atoms with van der Waals surface area (Å²) in [5.74, 6) is -0.250. The Kier molecular flexibility index (Phi) is 51.7. The molecular formula is C71H129NO13. The van der Waals surface area contributed by atoms with Gasteiger partial charge in [0.15, 0.2) is 12.6 Å². The fraction of sp³-hybridized carbons (Fsp3) is 0.845. The molecule has 0 aromatic heterocycles. The number of carbonyl (C=O) groups excluding carboxylic acids is 1. The normalized spacial score (nSPS) is 23.9. The van der Waals surface area contributed by atoms with E-state index in [1.807, 2.05) is 6.08 Å². The number of hydrogen-bond donors (Lipinski definition) is 9. The largest absolute Gasteiger partial charge is 0.394 e. The predicted octanol–water partition coefficient (Wildman–Crippen LogP) is 14.1. The molecule has 0 aromatic carbocycles. The molecule has 0 aromatic rings. The molecule has 0 aliphatic carbocycles. The van der Waals surface area contributed by atoms with Gasteiger partial charge in [-0.2, -0.15) is 0 Å². The molecule has 496 valence electrons. The number of aliphatic hydroxyl groups is 8. The van der Waals surface area contributed by atoms with Crippen LogP contribution in [0.1, 0.15) is 290 Å². The van der Waals surface area contributed by atoms with E-state index in [0.717, 1.165) is 51.4 Å². The fourth-order valence-electron chi connectivity index (χ4n) is 11.3. The van der Waals surface area contributed by atoms with Gasteiger partial charge in [-0.15, -0.1) is 0 Å². The molecule has 2 aliphatic rings. The van der Waals surface area contributed by atoms with Gasteiger partial charge in [-0.1, -0.05) is 267 Å². The molecule has 85 heavy (non-hydrogen) atoms. The van der Waals surface area contributed by atoms with Crippen LogP contribution in [0, 0.1) is 0 Å². The monoisotopic (exact) mass is 1200 g/mol. The highest BCUT2D eigenvalue weighted by molar-refractivity contribution is 5.76. The van der Waals surface area contributed by atoms with Crippen molar-refractivity contribution in [2.24, 2.45) is 0 Å². The van der Waals surface area contributed by atoms with Crippen LogP contribution in [-0.2, 0) is 23.7 Å². The molecule has 12 unspecified atom stereocenters. The fourth-order valence-corrected chi connectivity index (χ4v) is 11.3. The molecule has 0 bridgehead atoms. The maximum Gasteiger partial charge on any atom is 0.220 e. The van der Waals surface area contributed by atoms with Crippen molar-refractivity contribution in [3.8, 4) is 0 Å². The molecule has 0 saturated carbocycles. The van der Waals surface area contributed by atoms with Crippen molar-refractivity contribution in [1.29, 1.82) is 0 Å². The van der Waals surface area contributed by atoms with Gasteiger partial charge in [0.05, 0.1) is 32.0 Å². The lowest BCUT2D eigenvalue weighted by Gasteiger charge is -2.46. The highest BCUT2D eigenvalue weighted by atomic mass is 16.7. The minimum absolute atomic E-state index is 0.250. The lowest BCUT2D eigenvalue weighted by atomic mass is 9.97. The summed E-state index contributed by atoms with van der Waals surface area (Å²) in [7, 11) is 0. The quantitative estimate of drug-likeness (QED) is 0.0204. The lowest BCUT2D eigenvalue weighted by molar-refractivity contribution is -0.359. The lowest BCUT2D eigenvalue weighted by Crippen LogP contribution is -2.65. The van der Waals surface area contributed by atoms with E-state index in [2.05, 4.69) is 67.8 Å². The molecule has 2 rings (SSSR count). The average molecular weight is 1200 g/mol. The summed E-state index contributed by atoms with van der Waals surface area (Å²) in [6.45, 7) is 2.79. The Hall–Kier alpha value is -2.31. The van der Waals surface area contributed by atoms with Crippen molar-refractivity contribution in [3.05, 3.63) is 60.8 Å². The number of rotatable bonds is 57. The Balaban J connectivity index is 1.68. The molecule has 2 heterocycles. The zero-order valence-corrected chi connectivity index (χ0v) is 53.8. The second-order valence-electron chi connectivity index (χ2n) is 24.6. The van der Waals surface area contributed by atoms with Gasteiger partial charge >= 0.3 is 0 Å². The Bertz CT molecular complexity index is 1660. The molecule has 2 saturated heterocycles. The molecule has 2 aliphatic heterocycles. The minimum Gasteiger partial charge on any atom is -0.394 e. The Labute approximate surface area is 517 Å². The summed E-state index contributed by atoms with van der Waals surface area (Å²) in [6.07, 6.45) is 57.1. The van der Waals surface area contributed by atoms with Crippen LogP contribution in [-0.4, -0.2) is 140 Å². The highest BCUT2D eigenvalue weighted by Crippen LogP contribution is 2.30. The van der Waals surface area contributed by atoms with Crippen molar-refractivity contribution in [2.45, 2.75) is 364 Å². The van der Waals surface area contributed by atoms with E-state index in [1.165, 1.54) is 205 Å². The maximum absolute atomic E-state index is 13.3. The van der Waals surface area contributed by atoms with E-state index < -0.39 is 86.8 Å². The number of unbranched alkanes of at least 4 members (excludes halogenated alkanes) is 36. The van der Waals surface area contributed by atoms with Gasteiger partial charge in [0, 0.05) is 6.42 Å². The summed E-state index contributed by atoms with van der Waals surface area (Å²) < 4.78 is 22.8. The average Bonchev–Trinajstić information content (AvgIpc) is 3.68. The van der Waals surface area contributed by atoms with E-state index >= 15 is 0 Å². The molecule has 14 heteroatoms. The van der Waals surface area contributed by atoms with Crippen molar-refractivity contribution >= 4 is 5.91 Å². The first-order valence-electron chi connectivity index (χ1n) is 35.0. The van der Waals surface area contributed by atoms with Crippen LogP contribution in [0.2, 0.25) is 0 Å². The van der Waals surface area contributed by atoms with Crippen LogP contribution in [0.4, 0.5) is 0 Å². The third-order valence-electron chi connectivity index (χ3n) is 16.9. The van der Waals surface area contributed by atoms with Gasteiger partial charge < -0.3 is 65.1 Å². The topological polar surface area (TPSA) is 228 Å². The number of carbonyl (C=O) groups is 1. The molecule has 9 N–H and O–H groups in total. The molecule has 12 atom stereocenters. The number of amides is 1. The van der Waals surface area contributed by atoms with Crippen LogP contribution >= 0.6 is 0 Å². The Morgan fingerprint density at radius 2 is 0.788 bits per heavy atom. The Morgan fingerprint density at radius 3 is 1.22 bits per heavy atom. The van der Waals surface area contributed by atoms with Crippen LogP contribution in [0.5, 0.6) is 0 Å². The maximum atomic E-state index is 13.3. The van der Waals surface area contributed by atoms with Crippen LogP contribution in [0.3, 0.4) is 0 Å². The van der Waals surface area contributed by atoms with Crippen molar-refractivity contribution in [2.75, 3.05) is 19.8 Å². The number of allylic oxidation sites excluding steroid dienone is 9. The summed E-state index contributed by atoms with van der Waals surface area (Å²) in [6, 6.07) is -0.939. The third-order valence-corrected chi connectivity index (χ3v) is 16.9. The predicted molar refractivity (Wildman–Crippen MR) is 346 cm³/mol. The van der Waals surface area contributed by atoms with E-state index in [1.54, 1.807) is 6.08 Å². The van der Waals surface area contributed by atoms with Crippen LogP contribution in [0.15, 0.2) is 60.8 Å². The van der Waals surface area contributed by atoms with Crippen molar-refractivity contribution < 1.29 is 64.6 Å². The Morgan fingerprint density at radius 1 is 0.424 bits per heavy atom. The zero-order chi connectivity index (χ0) is 61.6. The number of hydrogen-bond acceptors (Lipinski definition) is 13. The smallest absolute Gasteiger partial charge is 0.220 e. The van der Waals surface area contributed by atoms with E-state index in [4.69, 9.17) is 18.9 Å². The second-order valence-corrected chi connectivity index (χ2v) is 24.6. The standard InChI is InChI=1S/C71H129NO13/c1-3-5-7-9-11-13-15-17-19-21-23-25-26-27-28-29-30-31-32-33-34-35-37-39-41-43-45-47-49-51-53-55-63(76)72-59(60(75)54-52-50-48-46-44-42-40-38-36-24-22-20-18-16-14-12-10-8-6-4-2)58-82-70-68(81)66(79)69(62(57-74)84-70)85-71-67(80)65(78)64(77)61(56-73)83-71/h15,17,21,23,36,38,44,46,52,54,59-62,64-71,73-75,77-81H,3-14,16,18-20,22,24-35,37,39-43,45,47-51,53,55-58H2,1-2H3,(H,72,76)/b17-15-,23-21-,38-36+,46-44+,54-52+. The molecule has 0 spiro atoms. The van der Waals surface area contributed by atoms with Gasteiger partial charge in [-0.25, -0.2) is 0 Å².